The molecule has 0 aliphatic heterocycles. The first kappa shape index (κ1) is 17.3. The summed E-state index contributed by atoms with van der Waals surface area (Å²) in [6, 6.07) is 1.89. The summed E-state index contributed by atoms with van der Waals surface area (Å²) in [7, 11) is 1.72. The highest BCUT2D eigenvalue weighted by Gasteiger charge is 2.55. The van der Waals surface area contributed by atoms with E-state index < -0.39 is 0 Å². The average molecular weight is 330 g/mol. The predicted octanol–water partition coefficient (Wildman–Crippen LogP) is 4.73. The van der Waals surface area contributed by atoms with Gasteiger partial charge in [-0.05, 0) is 37.2 Å². The van der Waals surface area contributed by atoms with E-state index in [4.69, 9.17) is 4.74 Å². The SMILES string of the molecule is COc1c(C(C)C)cc(O)c2c1CCC1C(C)(C)C(=O)CCC21C. The lowest BCUT2D eigenvalue weighted by Gasteiger charge is -2.53. The quantitative estimate of drug-likeness (QED) is 0.852. The number of carbonyl (C=O) groups excluding carboxylic acids is 1. The predicted molar refractivity (Wildman–Crippen MR) is 95.9 cm³/mol. The van der Waals surface area contributed by atoms with E-state index in [2.05, 4.69) is 34.6 Å². The average Bonchev–Trinajstić information content (AvgIpc) is 2.50. The van der Waals surface area contributed by atoms with Gasteiger partial charge < -0.3 is 9.84 Å². The van der Waals surface area contributed by atoms with E-state index in [1.54, 1.807) is 7.11 Å². The van der Waals surface area contributed by atoms with Gasteiger partial charge in [-0.25, -0.2) is 0 Å². The number of hydrogen-bond donors (Lipinski definition) is 1. The van der Waals surface area contributed by atoms with Crippen molar-refractivity contribution in [3.8, 4) is 11.5 Å². The summed E-state index contributed by atoms with van der Waals surface area (Å²) in [6.45, 7) is 10.6. The molecule has 0 radical (unpaired) electrons. The zero-order valence-corrected chi connectivity index (χ0v) is 15.8. The standard InChI is InChI=1S/C21H30O3/c1-12(2)14-11-15(22)18-13(19(14)24-6)7-8-16-20(3,4)17(23)9-10-21(16,18)5/h11-12,16,22H,7-10H2,1-6H3. The van der Waals surface area contributed by atoms with Gasteiger partial charge in [-0.15, -0.1) is 0 Å². The molecule has 1 saturated carbocycles. The van der Waals surface area contributed by atoms with Crippen LogP contribution in [0.3, 0.4) is 0 Å². The minimum absolute atomic E-state index is 0.169. The molecule has 3 nitrogen and oxygen atoms in total. The third-order valence-electron chi connectivity index (χ3n) is 6.70. The molecule has 2 aliphatic carbocycles. The molecule has 1 N–H and O–H groups in total. The number of methoxy groups -OCH3 is 1. The number of ether oxygens (including phenoxy) is 1. The van der Waals surface area contributed by atoms with Gasteiger partial charge in [-0.1, -0.05) is 34.6 Å². The number of Topliss-reactive ketones (excluding diaryl/α,β-unsaturated/α-hetero) is 1. The molecule has 132 valence electrons. The molecule has 3 rings (SSSR count). The minimum atomic E-state index is -0.332. The van der Waals surface area contributed by atoms with Crippen molar-refractivity contribution in [1.82, 2.24) is 0 Å². The Kier molecular flexibility index (Phi) is 3.97. The van der Waals surface area contributed by atoms with Crippen LogP contribution >= 0.6 is 0 Å². The van der Waals surface area contributed by atoms with Crippen LogP contribution in [0.25, 0.3) is 0 Å². The van der Waals surface area contributed by atoms with Crippen LogP contribution in [0.1, 0.15) is 76.5 Å². The molecule has 0 bridgehead atoms. The molecule has 1 aromatic rings. The lowest BCUT2D eigenvalue weighted by atomic mass is 9.49. The molecule has 2 unspecified atom stereocenters. The number of hydrogen-bond acceptors (Lipinski definition) is 3. The first-order chi connectivity index (χ1) is 11.1. The fourth-order valence-electron chi connectivity index (χ4n) is 5.40. The van der Waals surface area contributed by atoms with Gasteiger partial charge in [0, 0.05) is 33.9 Å². The van der Waals surface area contributed by atoms with Crippen molar-refractivity contribution in [3.05, 3.63) is 22.8 Å². The van der Waals surface area contributed by atoms with E-state index in [-0.39, 0.29) is 16.7 Å². The van der Waals surface area contributed by atoms with E-state index in [9.17, 15) is 9.90 Å². The van der Waals surface area contributed by atoms with Crippen LogP contribution in [0.15, 0.2) is 6.07 Å². The van der Waals surface area contributed by atoms with Crippen molar-refractivity contribution in [3.63, 3.8) is 0 Å². The first-order valence-corrected chi connectivity index (χ1v) is 9.11. The third-order valence-corrected chi connectivity index (χ3v) is 6.70. The summed E-state index contributed by atoms with van der Waals surface area (Å²) in [5.41, 5.74) is 2.76. The summed E-state index contributed by atoms with van der Waals surface area (Å²) in [4.78, 5) is 12.5. The van der Waals surface area contributed by atoms with Crippen molar-refractivity contribution < 1.29 is 14.6 Å². The highest BCUT2D eigenvalue weighted by Crippen LogP contribution is 2.59. The van der Waals surface area contributed by atoms with Crippen molar-refractivity contribution in [2.75, 3.05) is 7.11 Å². The topological polar surface area (TPSA) is 46.5 Å². The maximum Gasteiger partial charge on any atom is 0.138 e. The van der Waals surface area contributed by atoms with E-state index >= 15 is 0 Å². The van der Waals surface area contributed by atoms with Crippen LogP contribution in [0.5, 0.6) is 11.5 Å². The second kappa shape index (κ2) is 5.50. The molecule has 0 heterocycles. The number of rotatable bonds is 2. The van der Waals surface area contributed by atoms with Gasteiger partial charge >= 0.3 is 0 Å². The second-order valence-corrected chi connectivity index (χ2v) is 8.68. The number of phenolic OH excluding ortho intramolecular Hbond substituents is 1. The number of carbonyl (C=O) groups is 1. The van der Waals surface area contributed by atoms with E-state index in [1.165, 1.54) is 0 Å². The van der Waals surface area contributed by atoms with Crippen molar-refractivity contribution >= 4 is 5.78 Å². The smallest absolute Gasteiger partial charge is 0.138 e. The monoisotopic (exact) mass is 330 g/mol. The Morgan fingerprint density at radius 3 is 2.50 bits per heavy atom. The Hall–Kier alpha value is -1.51. The summed E-state index contributed by atoms with van der Waals surface area (Å²) in [5.74, 6) is 2.24. The van der Waals surface area contributed by atoms with Gasteiger partial charge in [0.2, 0.25) is 0 Å². The van der Waals surface area contributed by atoms with Gasteiger partial charge in [0.05, 0.1) is 7.11 Å². The van der Waals surface area contributed by atoms with Crippen molar-refractivity contribution in [2.45, 2.75) is 71.6 Å². The molecular formula is C21H30O3. The fraction of sp³-hybridized carbons (Fsp3) is 0.667. The van der Waals surface area contributed by atoms with Crippen LogP contribution in [-0.4, -0.2) is 18.0 Å². The van der Waals surface area contributed by atoms with Crippen molar-refractivity contribution in [1.29, 1.82) is 0 Å². The molecule has 1 fully saturated rings. The largest absolute Gasteiger partial charge is 0.508 e. The Morgan fingerprint density at radius 2 is 1.92 bits per heavy atom. The summed E-state index contributed by atoms with van der Waals surface area (Å²) >= 11 is 0. The highest BCUT2D eigenvalue weighted by molar-refractivity contribution is 5.86. The Bertz CT molecular complexity index is 687. The van der Waals surface area contributed by atoms with E-state index in [0.717, 1.165) is 41.7 Å². The summed E-state index contributed by atoms with van der Waals surface area (Å²) in [5, 5.41) is 10.9. The summed E-state index contributed by atoms with van der Waals surface area (Å²) < 4.78 is 5.78. The minimum Gasteiger partial charge on any atom is -0.508 e. The molecule has 0 spiro atoms. The molecular weight excluding hydrogens is 300 g/mol. The van der Waals surface area contributed by atoms with Crippen LogP contribution < -0.4 is 4.74 Å². The number of benzene rings is 1. The molecule has 0 aromatic heterocycles. The maximum atomic E-state index is 12.5. The van der Waals surface area contributed by atoms with Gasteiger partial charge in [-0.3, -0.25) is 4.79 Å². The molecule has 24 heavy (non-hydrogen) atoms. The lowest BCUT2D eigenvalue weighted by molar-refractivity contribution is -0.137. The number of ketones is 1. The molecule has 2 atom stereocenters. The lowest BCUT2D eigenvalue weighted by Crippen LogP contribution is -2.52. The Morgan fingerprint density at radius 1 is 1.25 bits per heavy atom. The number of aromatic hydroxyl groups is 1. The van der Waals surface area contributed by atoms with E-state index in [0.29, 0.717) is 23.9 Å². The van der Waals surface area contributed by atoms with Crippen LogP contribution in [0, 0.1) is 11.3 Å². The third kappa shape index (κ3) is 2.20. The van der Waals surface area contributed by atoms with E-state index in [1.807, 2.05) is 6.07 Å². The fourth-order valence-corrected chi connectivity index (χ4v) is 5.40. The molecule has 0 saturated heterocycles. The molecule has 2 aliphatic rings. The van der Waals surface area contributed by atoms with Crippen LogP contribution in [0.2, 0.25) is 0 Å². The first-order valence-electron chi connectivity index (χ1n) is 9.11. The van der Waals surface area contributed by atoms with Gasteiger partial charge in [0.25, 0.3) is 0 Å². The zero-order valence-electron chi connectivity index (χ0n) is 15.8. The molecule has 0 amide bonds. The van der Waals surface area contributed by atoms with Gasteiger partial charge in [0.1, 0.15) is 17.3 Å². The van der Waals surface area contributed by atoms with Gasteiger partial charge in [0.15, 0.2) is 0 Å². The number of phenols is 1. The number of fused-ring (bicyclic) bond motifs is 3. The maximum absolute atomic E-state index is 12.5. The molecule has 3 heteroatoms. The summed E-state index contributed by atoms with van der Waals surface area (Å²) in [6.07, 6.45) is 3.24. The normalized spacial score (nSPS) is 28.5. The second-order valence-electron chi connectivity index (χ2n) is 8.68. The van der Waals surface area contributed by atoms with Crippen LogP contribution in [0.4, 0.5) is 0 Å². The van der Waals surface area contributed by atoms with Gasteiger partial charge in [-0.2, -0.15) is 0 Å². The van der Waals surface area contributed by atoms with Crippen LogP contribution in [-0.2, 0) is 16.6 Å². The van der Waals surface area contributed by atoms with Crippen molar-refractivity contribution in [2.24, 2.45) is 11.3 Å². The Balaban J connectivity index is 2.24. The zero-order chi connectivity index (χ0) is 17.9. The Labute approximate surface area is 145 Å². The molecule has 1 aromatic carbocycles. The highest BCUT2D eigenvalue weighted by atomic mass is 16.5.